The van der Waals surface area contributed by atoms with Gasteiger partial charge in [0, 0.05) is 0 Å². The summed E-state index contributed by atoms with van der Waals surface area (Å²) in [6.07, 6.45) is 0. The standard InChI is InChI=1S/C6H2Cl4O6/c7-1(8)3(11)15-5(13)6(14)16-4(12)2(9)10/h1-2H. The third-order valence-electron chi connectivity index (χ3n) is 0.910. The first-order valence-electron chi connectivity index (χ1n) is 3.33. The van der Waals surface area contributed by atoms with Gasteiger partial charge in [-0.05, 0) is 0 Å². The number of carbonyl (C=O) groups excluding carboxylic acids is 4. The van der Waals surface area contributed by atoms with Crippen LogP contribution in [0.4, 0.5) is 0 Å². The van der Waals surface area contributed by atoms with Crippen molar-refractivity contribution in [2.24, 2.45) is 0 Å². The summed E-state index contributed by atoms with van der Waals surface area (Å²) in [7, 11) is 0. The van der Waals surface area contributed by atoms with E-state index in [9.17, 15) is 19.2 Å². The van der Waals surface area contributed by atoms with E-state index in [2.05, 4.69) is 9.47 Å². The summed E-state index contributed by atoms with van der Waals surface area (Å²) in [5.74, 6) is -6.30. The summed E-state index contributed by atoms with van der Waals surface area (Å²) in [5, 5.41) is 0. The van der Waals surface area contributed by atoms with Crippen LogP contribution in [-0.2, 0) is 28.7 Å². The SMILES string of the molecule is O=C(OC(=O)C(Cl)Cl)C(=O)OC(=O)C(Cl)Cl. The first kappa shape index (κ1) is 15.4. The van der Waals surface area contributed by atoms with Gasteiger partial charge in [0.15, 0.2) is 0 Å². The van der Waals surface area contributed by atoms with E-state index in [1.165, 1.54) is 0 Å². The predicted molar refractivity (Wildman–Crippen MR) is 53.2 cm³/mol. The molecule has 90 valence electrons. The van der Waals surface area contributed by atoms with Crippen molar-refractivity contribution in [3.05, 3.63) is 0 Å². The average Bonchev–Trinajstić information content (AvgIpc) is 2.16. The van der Waals surface area contributed by atoms with E-state index in [1.54, 1.807) is 0 Å². The van der Waals surface area contributed by atoms with E-state index in [-0.39, 0.29) is 0 Å². The largest absolute Gasteiger partial charge is 0.425 e. The van der Waals surface area contributed by atoms with Crippen molar-refractivity contribution >= 4 is 70.3 Å². The first-order chi connectivity index (χ1) is 7.25. The molecule has 6 nitrogen and oxygen atoms in total. The monoisotopic (exact) mass is 310 g/mol. The zero-order valence-electron chi connectivity index (χ0n) is 7.12. The molecule has 0 aromatic rings. The van der Waals surface area contributed by atoms with Crippen molar-refractivity contribution in [3.8, 4) is 0 Å². The van der Waals surface area contributed by atoms with Gasteiger partial charge in [0.25, 0.3) is 0 Å². The van der Waals surface area contributed by atoms with Crippen molar-refractivity contribution in [1.82, 2.24) is 0 Å². The Balaban J connectivity index is 4.26. The number of ether oxygens (including phenoxy) is 2. The maximum Gasteiger partial charge on any atom is 0.425 e. The van der Waals surface area contributed by atoms with Crippen molar-refractivity contribution in [3.63, 3.8) is 0 Å². The van der Waals surface area contributed by atoms with E-state index in [4.69, 9.17) is 46.4 Å². The fourth-order valence-electron chi connectivity index (χ4n) is 0.355. The van der Waals surface area contributed by atoms with Gasteiger partial charge in [0.1, 0.15) is 0 Å². The molecule has 0 aliphatic carbocycles. The quantitative estimate of drug-likeness (QED) is 0.323. The van der Waals surface area contributed by atoms with Gasteiger partial charge in [0.05, 0.1) is 0 Å². The number of hydrogen-bond acceptors (Lipinski definition) is 6. The molecule has 0 saturated carbocycles. The van der Waals surface area contributed by atoms with Gasteiger partial charge >= 0.3 is 23.9 Å². The van der Waals surface area contributed by atoms with Gasteiger partial charge in [-0.25, -0.2) is 19.2 Å². The zero-order valence-corrected chi connectivity index (χ0v) is 10.1. The Kier molecular flexibility index (Phi) is 6.66. The van der Waals surface area contributed by atoms with Crippen LogP contribution in [-0.4, -0.2) is 33.5 Å². The highest BCUT2D eigenvalue weighted by Gasteiger charge is 2.28. The lowest BCUT2D eigenvalue weighted by Gasteiger charge is -2.03. The Morgan fingerprint density at radius 1 is 0.688 bits per heavy atom. The number of esters is 4. The van der Waals surface area contributed by atoms with Crippen LogP contribution in [0.15, 0.2) is 0 Å². The summed E-state index contributed by atoms with van der Waals surface area (Å²) >= 11 is 20.0. The van der Waals surface area contributed by atoms with E-state index < -0.39 is 33.5 Å². The molecule has 0 saturated heterocycles. The number of halogens is 4. The van der Waals surface area contributed by atoms with Gasteiger partial charge < -0.3 is 9.47 Å². The molecule has 0 aromatic carbocycles. The minimum Gasteiger partial charge on any atom is -0.382 e. The summed E-state index contributed by atoms with van der Waals surface area (Å²) in [5.41, 5.74) is 0. The molecule has 10 heteroatoms. The van der Waals surface area contributed by atoms with Gasteiger partial charge in [0.2, 0.25) is 9.67 Å². The van der Waals surface area contributed by atoms with Crippen LogP contribution < -0.4 is 0 Å². The molecule has 0 unspecified atom stereocenters. The van der Waals surface area contributed by atoms with Crippen LogP contribution in [0, 0.1) is 0 Å². The minimum absolute atomic E-state index is 1.38. The minimum atomic E-state index is -1.77. The van der Waals surface area contributed by atoms with Crippen LogP contribution in [0.3, 0.4) is 0 Å². The summed E-state index contributed by atoms with van der Waals surface area (Å²) in [6, 6.07) is 0. The lowest BCUT2D eigenvalue weighted by molar-refractivity contribution is -0.176. The maximum absolute atomic E-state index is 10.7. The average molecular weight is 312 g/mol. The summed E-state index contributed by atoms with van der Waals surface area (Å²) < 4.78 is 7.60. The predicted octanol–water partition coefficient (Wildman–Crippen LogP) is 0.733. The van der Waals surface area contributed by atoms with Crippen molar-refractivity contribution < 1.29 is 28.7 Å². The van der Waals surface area contributed by atoms with Crippen LogP contribution in [0.25, 0.3) is 0 Å². The highest BCUT2D eigenvalue weighted by Crippen LogP contribution is 2.06. The Morgan fingerprint density at radius 3 is 1.12 bits per heavy atom. The molecule has 0 amide bonds. The molecule has 0 atom stereocenters. The Bertz CT molecular complexity index is 293. The molecule has 0 fully saturated rings. The van der Waals surface area contributed by atoms with Gasteiger partial charge in [-0.3, -0.25) is 0 Å². The normalized spacial score (nSPS) is 10.1. The second kappa shape index (κ2) is 6.90. The fourth-order valence-corrected chi connectivity index (χ4v) is 0.533. The van der Waals surface area contributed by atoms with Crippen LogP contribution >= 0.6 is 46.4 Å². The van der Waals surface area contributed by atoms with Crippen LogP contribution in [0.1, 0.15) is 0 Å². The molecular weight excluding hydrogens is 310 g/mol. The number of hydrogen-bond donors (Lipinski definition) is 0. The van der Waals surface area contributed by atoms with Crippen molar-refractivity contribution in [2.75, 3.05) is 0 Å². The molecule has 0 aliphatic heterocycles. The lowest BCUT2D eigenvalue weighted by Crippen LogP contribution is -2.29. The van der Waals surface area contributed by atoms with E-state index in [0.29, 0.717) is 0 Å². The second-order valence-electron chi connectivity index (χ2n) is 2.02. The van der Waals surface area contributed by atoms with E-state index >= 15 is 0 Å². The molecule has 0 heterocycles. The number of carbonyl (C=O) groups is 4. The number of rotatable bonds is 2. The molecule has 0 N–H and O–H groups in total. The smallest absolute Gasteiger partial charge is 0.382 e. The second-order valence-corrected chi connectivity index (χ2v) is 4.21. The first-order valence-corrected chi connectivity index (χ1v) is 5.08. The van der Waals surface area contributed by atoms with Gasteiger partial charge in [-0.15, -0.1) is 0 Å². The molecular formula is C6H2Cl4O6. The molecule has 0 bridgehead atoms. The third kappa shape index (κ3) is 5.50. The third-order valence-corrected chi connectivity index (χ3v) is 1.62. The van der Waals surface area contributed by atoms with E-state index in [0.717, 1.165) is 0 Å². The van der Waals surface area contributed by atoms with Crippen molar-refractivity contribution in [2.45, 2.75) is 9.67 Å². The van der Waals surface area contributed by atoms with Crippen LogP contribution in [0.2, 0.25) is 0 Å². The lowest BCUT2D eigenvalue weighted by atomic mass is 10.6. The summed E-state index contributed by atoms with van der Waals surface area (Å²) in [4.78, 5) is 39.4. The van der Waals surface area contributed by atoms with Gasteiger partial charge in [-0.2, -0.15) is 0 Å². The fraction of sp³-hybridized carbons (Fsp3) is 0.333. The highest BCUT2D eigenvalue weighted by atomic mass is 35.5. The molecule has 0 aromatic heterocycles. The molecule has 0 spiro atoms. The van der Waals surface area contributed by atoms with Crippen molar-refractivity contribution in [1.29, 1.82) is 0 Å². The Morgan fingerprint density at radius 2 is 0.938 bits per heavy atom. The van der Waals surface area contributed by atoms with E-state index in [1.807, 2.05) is 0 Å². The molecule has 0 radical (unpaired) electrons. The Labute approximate surface area is 109 Å². The zero-order chi connectivity index (χ0) is 12.9. The van der Waals surface area contributed by atoms with Crippen LogP contribution in [0.5, 0.6) is 0 Å². The topological polar surface area (TPSA) is 86.7 Å². The summed E-state index contributed by atoms with van der Waals surface area (Å²) in [6.45, 7) is 0. The number of alkyl halides is 4. The Hall–Kier alpha value is -0.560. The molecule has 0 rings (SSSR count). The molecule has 0 aliphatic rings. The van der Waals surface area contributed by atoms with Gasteiger partial charge in [-0.1, -0.05) is 46.4 Å². The maximum atomic E-state index is 10.7. The molecule has 16 heavy (non-hydrogen) atoms. The highest BCUT2D eigenvalue weighted by molar-refractivity contribution is 6.54.